The maximum absolute atomic E-state index is 13.5. The first-order chi connectivity index (χ1) is 13.7. The first-order valence-electron chi connectivity index (χ1n) is 9.49. The number of benzene rings is 2. The van der Waals surface area contributed by atoms with Gasteiger partial charge in [0.05, 0.1) is 11.5 Å². The van der Waals surface area contributed by atoms with Gasteiger partial charge in [-0.2, -0.15) is 0 Å². The van der Waals surface area contributed by atoms with Gasteiger partial charge in [-0.05, 0) is 49.6 Å². The van der Waals surface area contributed by atoms with Crippen molar-refractivity contribution in [3.05, 3.63) is 69.9 Å². The molecule has 1 aliphatic heterocycles. The Labute approximate surface area is 175 Å². The molecule has 1 atom stereocenters. The molecule has 1 saturated heterocycles. The summed E-state index contributed by atoms with van der Waals surface area (Å²) in [4.78, 5) is 15.1. The fraction of sp³-hybridized carbons (Fsp3) is 0.318. The van der Waals surface area contributed by atoms with Crippen LogP contribution >= 0.6 is 11.6 Å². The van der Waals surface area contributed by atoms with Gasteiger partial charge in [-0.15, -0.1) is 0 Å². The Kier molecular flexibility index (Phi) is 5.17. The molecule has 1 aromatic heterocycles. The summed E-state index contributed by atoms with van der Waals surface area (Å²) < 4.78 is 30.1. The van der Waals surface area contributed by atoms with Gasteiger partial charge < -0.3 is 9.32 Å². The van der Waals surface area contributed by atoms with Gasteiger partial charge in [0, 0.05) is 28.6 Å². The molecule has 1 aliphatic rings. The molecule has 0 aliphatic carbocycles. The number of aryl methyl sites for hydroxylation is 2. The lowest BCUT2D eigenvalue weighted by Crippen LogP contribution is -2.40. The van der Waals surface area contributed by atoms with Crippen LogP contribution in [0.3, 0.4) is 0 Å². The van der Waals surface area contributed by atoms with E-state index < -0.39 is 9.84 Å². The summed E-state index contributed by atoms with van der Waals surface area (Å²) in [6.07, 6.45) is 0.431. The van der Waals surface area contributed by atoms with Gasteiger partial charge in [0.1, 0.15) is 5.58 Å². The third kappa shape index (κ3) is 4.05. The van der Waals surface area contributed by atoms with Gasteiger partial charge in [-0.3, -0.25) is 4.79 Å². The normalized spacial score (nSPS) is 18.2. The van der Waals surface area contributed by atoms with E-state index in [1.54, 1.807) is 17.0 Å². The molecule has 0 N–H and O–H groups in total. The van der Waals surface area contributed by atoms with E-state index in [1.807, 2.05) is 44.2 Å². The molecule has 2 heterocycles. The van der Waals surface area contributed by atoms with Crippen molar-refractivity contribution >= 4 is 38.3 Å². The molecule has 152 valence electrons. The highest BCUT2D eigenvalue weighted by molar-refractivity contribution is 7.91. The van der Waals surface area contributed by atoms with E-state index in [1.165, 1.54) is 0 Å². The smallest absolute Gasteiger partial charge is 0.290 e. The number of sulfone groups is 1. The molecule has 0 bridgehead atoms. The molecule has 0 unspecified atom stereocenters. The van der Waals surface area contributed by atoms with E-state index in [0.29, 0.717) is 23.6 Å². The largest absolute Gasteiger partial charge is 0.451 e. The van der Waals surface area contributed by atoms with Crippen LogP contribution < -0.4 is 0 Å². The minimum absolute atomic E-state index is 0.0231. The standard InChI is InChI=1S/C22H22ClNO4S/c1-14-3-8-19-15(2)21(28-20(19)11-14)22(25)24(18-9-10-29(26,27)13-18)12-16-4-6-17(23)7-5-16/h3-8,11,18H,9-10,12-13H2,1-2H3/t18-/m0/s1. The maximum Gasteiger partial charge on any atom is 0.290 e. The van der Waals surface area contributed by atoms with Crippen molar-refractivity contribution in [1.82, 2.24) is 4.90 Å². The van der Waals surface area contributed by atoms with E-state index in [-0.39, 0.29) is 29.2 Å². The average molecular weight is 432 g/mol. The van der Waals surface area contributed by atoms with Crippen LogP contribution in [0.2, 0.25) is 5.02 Å². The lowest BCUT2D eigenvalue weighted by molar-refractivity contribution is 0.0649. The van der Waals surface area contributed by atoms with Gasteiger partial charge in [-0.1, -0.05) is 35.9 Å². The van der Waals surface area contributed by atoms with E-state index in [4.69, 9.17) is 16.0 Å². The molecule has 0 saturated carbocycles. The predicted octanol–water partition coefficient (Wildman–Crippen LogP) is 4.53. The number of amides is 1. The Bertz CT molecular complexity index is 1180. The lowest BCUT2D eigenvalue weighted by atomic mass is 10.1. The third-order valence-corrected chi connectivity index (χ3v) is 7.47. The number of furan rings is 1. The van der Waals surface area contributed by atoms with Gasteiger partial charge in [0.15, 0.2) is 15.6 Å². The molecule has 0 radical (unpaired) electrons. The summed E-state index contributed by atoms with van der Waals surface area (Å²) >= 11 is 5.97. The highest BCUT2D eigenvalue weighted by atomic mass is 35.5. The second-order valence-electron chi connectivity index (χ2n) is 7.67. The monoisotopic (exact) mass is 431 g/mol. The van der Waals surface area contributed by atoms with Crippen LogP contribution in [-0.4, -0.2) is 36.8 Å². The third-order valence-electron chi connectivity index (χ3n) is 5.46. The first kappa shape index (κ1) is 20.0. The minimum Gasteiger partial charge on any atom is -0.451 e. The van der Waals surface area contributed by atoms with Crippen molar-refractivity contribution in [2.24, 2.45) is 0 Å². The van der Waals surface area contributed by atoms with Crippen LogP contribution in [0.5, 0.6) is 0 Å². The fourth-order valence-electron chi connectivity index (χ4n) is 3.84. The van der Waals surface area contributed by atoms with Crippen molar-refractivity contribution in [3.8, 4) is 0 Å². The van der Waals surface area contributed by atoms with Crippen molar-refractivity contribution in [1.29, 1.82) is 0 Å². The SMILES string of the molecule is Cc1ccc2c(C)c(C(=O)N(Cc3ccc(Cl)cc3)[C@H]3CCS(=O)(=O)C3)oc2c1. The molecular weight excluding hydrogens is 410 g/mol. The lowest BCUT2D eigenvalue weighted by Gasteiger charge is -2.28. The van der Waals surface area contributed by atoms with E-state index in [2.05, 4.69) is 0 Å². The Hall–Kier alpha value is -2.31. The number of carbonyl (C=O) groups excluding carboxylic acids is 1. The van der Waals surface area contributed by atoms with Crippen molar-refractivity contribution < 1.29 is 17.6 Å². The van der Waals surface area contributed by atoms with Gasteiger partial charge in [-0.25, -0.2) is 8.42 Å². The quantitative estimate of drug-likeness (QED) is 0.608. The van der Waals surface area contributed by atoms with Gasteiger partial charge in [0.25, 0.3) is 5.91 Å². The van der Waals surface area contributed by atoms with Crippen LogP contribution in [0, 0.1) is 13.8 Å². The zero-order valence-electron chi connectivity index (χ0n) is 16.3. The Morgan fingerprint density at radius 2 is 1.90 bits per heavy atom. The first-order valence-corrected chi connectivity index (χ1v) is 11.7. The highest BCUT2D eigenvalue weighted by Gasteiger charge is 2.36. The number of hydrogen-bond donors (Lipinski definition) is 0. The number of halogens is 1. The molecule has 2 aromatic carbocycles. The molecule has 7 heteroatoms. The van der Waals surface area contributed by atoms with Gasteiger partial charge >= 0.3 is 0 Å². The highest BCUT2D eigenvalue weighted by Crippen LogP contribution is 2.30. The Morgan fingerprint density at radius 3 is 2.55 bits per heavy atom. The number of nitrogens with zero attached hydrogens (tertiary/aromatic N) is 1. The van der Waals surface area contributed by atoms with Crippen LogP contribution in [0.15, 0.2) is 46.9 Å². The summed E-state index contributed by atoms with van der Waals surface area (Å²) in [7, 11) is -3.14. The molecule has 4 rings (SSSR count). The summed E-state index contributed by atoms with van der Waals surface area (Å²) in [5.74, 6) is 0.0581. The molecule has 1 amide bonds. The summed E-state index contributed by atoms with van der Waals surface area (Å²) in [5, 5.41) is 1.50. The molecule has 5 nitrogen and oxygen atoms in total. The number of carbonyl (C=O) groups is 1. The van der Waals surface area contributed by atoms with Crippen molar-refractivity contribution in [2.75, 3.05) is 11.5 Å². The summed E-state index contributed by atoms with van der Waals surface area (Å²) in [6, 6.07) is 12.7. The molecule has 0 spiro atoms. The molecule has 3 aromatic rings. The van der Waals surface area contributed by atoms with E-state index >= 15 is 0 Å². The predicted molar refractivity (Wildman–Crippen MR) is 114 cm³/mol. The zero-order valence-corrected chi connectivity index (χ0v) is 17.9. The fourth-order valence-corrected chi connectivity index (χ4v) is 5.70. The second kappa shape index (κ2) is 7.50. The van der Waals surface area contributed by atoms with Gasteiger partial charge in [0.2, 0.25) is 0 Å². The Balaban J connectivity index is 1.73. The van der Waals surface area contributed by atoms with Crippen LogP contribution in [0.4, 0.5) is 0 Å². The number of rotatable bonds is 4. The average Bonchev–Trinajstić information content (AvgIpc) is 3.19. The summed E-state index contributed by atoms with van der Waals surface area (Å²) in [5.41, 5.74) is 3.37. The molecular formula is C22H22ClNO4S. The van der Waals surface area contributed by atoms with E-state index in [9.17, 15) is 13.2 Å². The van der Waals surface area contributed by atoms with Crippen LogP contribution in [0.1, 0.15) is 33.7 Å². The topological polar surface area (TPSA) is 67.6 Å². The zero-order chi connectivity index (χ0) is 20.8. The van der Waals surface area contributed by atoms with Crippen molar-refractivity contribution in [2.45, 2.75) is 32.9 Å². The van der Waals surface area contributed by atoms with Crippen molar-refractivity contribution in [3.63, 3.8) is 0 Å². The maximum atomic E-state index is 13.5. The molecule has 1 fully saturated rings. The number of fused-ring (bicyclic) bond motifs is 1. The van der Waals surface area contributed by atoms with E-state index in [0.717, 1.165) is 22.1 Å². The summed E-state index contributed by atoms with van der Waals surface area (Å²) in [6.45, 7) is 4.13. The van der Waals surface area contributed by atoms with Crippen LogP contribution in [0.25, 0.3) is 11.0 Å². The number of hydrogen-bond acceptors (Lipinski definition) is 4. The minimum atomic E-state index is -3.14. The Morgan fingerprint density at radius 1 is 1.17 bits per heavy atom. The second-order valence-corrected chi connectivity index (χ2v) is 10.3. The van der Waals surface area contributed by atoms with Crippen LogP contribution in [-0.2, 0) is 16.4 Å². The molecule has 29 heavy (non-hydrogen) atoms.